The van der Waals surface area contributed by atoms with Crippen LogP contribution >= 0.6 is 23.2 Å². The zero-order valence-electron chi connectivity index (χ0n) is 12.2. The number of halogens is 2. The van der Waals surface area contributed by atoms with Crippen LogP contribution in [0.15, 0.2) is 36.4 Å². The molecule has 1 atom stereocenters. The second-order valence-electron chi connectivity index (χ2n) is 5.19. The number of hydrogen-bond donors (Lipinski definition) is 1. The first-order valence-electron chi connectivity index (χ1n) is 6.97. The molecule has 2 rings (SSSR count). The minimum atomic E-state index is 0.122. The van der Waals surface area contributed by atoms with Crippen molar-refractivity contribution in [2.45, 2.75) is 32.7 Å². The van der Waals surface area contributed by atoms with Gasteiger partial charge in [-0.15, -0.1) is 0 Å². The number of ether oxygens (including phenoxy) is 1. The quantitative estimate of drug-likeness (QED) is 0.802. The molecule has 1 unspecified atom stereocenters. The monoisotopic (exact) mass is 323 g/mol. The Morgan fingerprint density at radius 3 is 2.38 bits per heavy atom. The summed E-state index contributed by atoms with van der Waals surface area (Å²) in [6.45, 7) is 4.14. The van der Waals surface area contributed by atoms with Gasteiger partial charge in [0.1, 0.15) is 11.5 Å². The van der Waals surface area contributed by atoms with Gasteiger partial charge in [0.15, 0.2) is 0 Å². The molecule has 0 amide bonds. The maximum absolute atomic E-state index is 6.07. The Hall–Kier alpha value is -1.22. The average molecular weight is 324 g/mol. The van der Waals surface area contributed by atoms with Gasteiger partial charge >= 0.3 is 0 Å². The van der Waals surface area contributed by atoms with Crippen LogP contribution in [0.25, 0.3) is 0 Å². The van der Waals surface area contributed by atoms with Crippen molar-refractivity contribution in [1.29, 1.82) is 0 Å². The molecule has 0 aromatic heterocycles. The van der Waals surface area contributed by atoms with Crippen LogP contribution in [0.2, 0.25) is 10.0 Å². The first kappa shape index (κ1) is 16.2. The smallest absolute Gasteiger partial charge is 0.130 e. The third-order valence-corrected chi connectivity index (χ3v) is 3.72. The minimum Gasteiger partial charge on any atom is -0.457 e. The first-order valence-corrected chi connectivity index (χ1v) is 7.72. The third kappa shape index (κ3) is 4.63. The predicted molar refractivity (Wildman–Crippen MR) is 89.7 cm³/mol. The molecule has 21 heavy (non-hydrogen) atoms. The van der Waals surface area contributed by atoms with E-state index < -0.39 is 0 Å². The van der Waals surface area contributed by atoms with E-state index in [1.54, 1.807) is 18.2 Å². The van der Waals surface area contributed by atoms with Gasteiger partial charge in [-0.05, 0) is 49.6 Å². The minimum absolute atomic E-state index is 0.122. The van der Waals surface area contributed by atoms with E-state index in [1.165, 1.54) is 5.56 Å². The van der Waals surface area contributed by atoms with E-state index in [9.17, 15) is 0 Å². The zero-order valence-corrected chi connectivity index (χ0v) is 13.7. The lowest BCUT2D eigenvalue weighted by Gasteiger charge is -2.15. The van der Waals surface area contributed by atoms with E-state index >= 15 is 0 Å². The van der Waals surface area contributed by atoms with E-state index in [-0.39, 0.29) is 6.04 Å². The average Bonchev–Trinajstić information content (AvgIpc) is 2.40. The van der Waals surface area contributed by atoms with Gasteiger partial charge in [0.25, 0.3) is 0 Å². The molecule has 0 radical (unpaired) electrons. The lowest BCUT2D eigenvalue weighted by Crippen LogP contribution is -2.21. The Balaban J connectivity index is 2.30. The number of nitrogens with two attached hydrogens (primary N) is 1. The fraction of sp³-hybridized carbons (Fsp3) is 0.294. The Bertz CT molecular complexity index is 608. The van der Waals surface area contributed by atoms with Crippen LogP contribution in [0.1, 0.15) is 24.5 Å². The molecule has 0 aliphatic carbocycles. The van der Waals surface area contributed by atoms with Gasteiger partial charge in [0.05, 0.1) is 0 Å². The van der Waals surface area contributed by atoms with Crippen LogP contribution in [0.3, 0.4) is 0 Å². The van der Waals surface area contributed by atoms with Gasteiger partial charge in [-0.1, -0.05) is 47.8 Å². The van der Waals surface area contributed by atoms with Crippen LogP contribution in [0, 0.1) is 6.92 Å². The zero-order chi connectivity index (χ0) is 15.4. The van der Waals surface area contributed by atoms with E-state index in [0.29, 0.717) is 15.8 Å². The predicted octanol–water partition coefficient (Wildman–Crippen LogP) is 5.37. The highest BCUT2D eigenvalue weighted by atomic mass is 35.5. The Morgan fingerprint density at radius 2 is 1.76 bits per heavy atom. The van der Waals surface area contributed by atoms with Crippen molar-refractivity contribution < 1.29 is 4.74 Å². The van der Waals surface area contributed by atoms with Crippen LogP contribution in [-0.2, 0) is 6.42 Å². The Morgan fingerprint density at radius 1 is 1.10 bits per heavy atom. The number of benzene rings is 2. The molecule has 112 valence electrons. The van der Waals surface area contributed by atoms with Crippen molar-refractivity contribution in [3.63, 3.8) is 0 Å². The van der Waals surface area contributed by atoms with Crippen LogP contribution in [-0.4, -0.2) is 6.04 Å². The summed E-state index contributed by atoms with van der Waals surface area (Å²) >= 11 is 12.0. The van der Waals surface area contributed by atoms with E-state index in [2.05, 4.69) is 19.9 Å². The lowest BCUT2D eigenvalue weighted by molar-refractivity contribution is 0.472. The molecule has 0 aliphatic heterocycles. The standard InChI is InChI=1S/C17H19Cl2NO/c1-3-15(20)7-12-6-11(2)4-5-17(12)21-16-9-13(18)8-14(19)10-16/h4-6,8-10,15H,3,7,20H2,1-2H3. The fourth-order valence-corrected chi connectivity index (χ4v) is 2.61. The number of rotatable bonds is 5. The molecule has 0 aliphatic rings. The van der Waals surface area contributed by atoms with Gasteiger partial charge in [-0.2, -0.15) is 0 Å². The number of aryl methyl sites for hydroxylation is 1. The molecule has 0 heterocycles. The molecular weight excluding hydrogens is 305 g/mol. The molecule has 0 saturated heterocycles. The molecule has 2 nitrogen and oxygen atoms in total. The topological polar surface area (TPSA) is 35.2 Å². The maximum atomic E-state index is 6.07. The van der Waals surface area contributed by atoms with Crippen LogP contribution < -0.4 is 10.5 Å². The molecule has 2 N–H and O–H groups in total. The third-order valence-electron chi connectivity index (χ3n) is 3.29. The van der Waals surface area contributed by atoms with E-state index in [0.717, 1.165) is 24.2 Å². The second kappa shape index (κ2) is 7.17. The highest BCUT2D eigenvalue weighted by molar-refractivity contribution is 6.34. The molecule has 0 bridgehead atoms. The van der Waals surface area contributed by atoms with Gasteiger partial charge in [-0.3, -0.25) is 0 Å². The van der Waals surface area contributed by atoms with Gasteiger partial charge < -0.3 is 10.5 Å². The summed E-state index contributed by atoms with van der Waals surface area (Å²) < 4.78 is 5.95. The molecule has 0 saturated carbocycles. The van der Waals surface area contributed by atoms with Crippen LogP contribution in [0.4, 0.5) is 0 Å². The summed E-state index contributed by atoms with van der Waals surface area (Å²) in [6, 6.07) is 11.4. The van der Waals surface area contributed by atoms with Gasteiger partial charge in [0, 0.05) is 16.1 Å². The lowest BCUT2D eigenvalue weighted by atomic mass is 10.0. The summed E-state index contributed by atoms with van der Waals surface area (Å²) in [6.07, 6.45) is 1.71. The second-order valence-corrected chi connectivity index (χ2v) is 6.06. The van der Waals surface area contributed by atoms with Crippen molar-refractivity contribution in [3.8, 4) is 11.5 Å². The maximum Gasteiger partial charge on any atom is 0.130 e. The first-order chi connectivity index (χ1) is 9.97. The van der Waals surface area contributed by atoms with Crippen molar-refractivity contribution in [2.24, 2.45) is 5.73 Å². The number of hydrogen-bond acceptors (Lipinski definition) is 2. The molecular formula is C17H19Cl2NO. The Kier molecular flexibility index (Phi) is 5.51. The van der Waals surface area contributed by atoms with E-state index in [1.807, 2.05) is 12.1 Å². The van der Waals surface area contributed by atoms with Crippen molar-refractivity contribution in [3.05, 3.63) is 57.6 Å². The molecule has 2 aromatic rings. The van der Waals surface area contributed by atoms with Crippen LogP contribution in [0.5, 0.6) is 11.5 Å². The largest absolute Gasteiger partial charge is 0.457 e. The molecule has 2 aromatic carbocycles. The SMILES string of the molecule is CCC(N)Cc1cc(C)ccc1Oc1cc(Cl)cc(Cl)c1. The van der Waals surface area contributed by atoms with Gasteiger partial charge in [0.2, 0.25) is 0 Å². The van der Waals surface area contributed by atoms with Crippen molar-refractivity contribution in [1.82, 2.24) is 0 Å². The van der Waals surface area contributed by atoms with E-state index in [4.69, 9.17) is 33.7 Å². The molecule has 0 fully saturated rings. The molecule has 0 spiro atoms. The Labute approximate surface area is 135 Å². The summed E-state index contributed by atoms with van der Waals surface area (Å²) in [5.41, 5.74) is 8.35. The summed E-state index contributed by atoms with van der Waals surface area (Å²) in [5.74, 6) is 1.42. The highest BCUT2D eigenvalue weighted by Gasteiger charge is 2.10. The molecule has 4 heteroatoms. The van der Waals surface area contributed by atoms with Crippen molar-refractivity contribution >= 4 is 23.2 Å². The fourth-order valence-electron chi connectivity index (χ4n) is 2.11. The summed E-state index contributed by atoms with van der Waals surface area (Å²) in [5, 5.41) is 1.10. The normalized spacial score (nSPS) is 12.2. The highest BCUT2D eigenvalue weighted by Crippen LogP contribution is 2.31. The van der Waals surface area contributed by atoms with Crippen molar-refractivity contribution in [2.75, 3.05) is 0 Å². The summed E-state index contributed by atoms with van der Waals surface area (Å²) in [4.78, 5) is 0. The van der Waals surface area contributed by atoms with Gasteiger partial charge in [-0.25, -0.2) is 0 Å². The summed E-state index contributed by atoms with van der Waals surface area (Å²) in [7, 11) is 0.